The number of aromatic nitrogens is 3. The first-order valence-electron chi connectivity index (χ1n) is 10.3. The fourth-order valence-electron chi connectivity index (χ4n) is 3.97. The summed E-state index contributed by atoms with van der Waals surface area (Å²) in [6.45, 7) is 5.73. The van der Waals surface area contributed by atoms with E-state index in [1.807, 2.05) is 18.7 Å². The SMILES string of the molecule is CCn1c(CO)nn(-c2cc3c(cc2F)O[C@@H](c2c(F)cccc2Cl)CN3C(C)C)c1=O. The number of anilines is 1. The third kappa shape index (κ3) is 3.65. The lowest BCUT2D eigenvalue weighted by atomic mass is 10.0. The van der Waals surface area contributed by atoms with E-state index in [2.05, 4.69) is 5.10 Å². The van der Waals surface area contributed by atoms with Gasteiger partial charge in [0.05, 0.1) is 17.3 Å². The number of ether oxygens (including phenoxy) is 1. The fraction of sp³-hybridized carbons (Fsp3) is 0.364. The van der Waals surface area contributed by atoms with Crippen molar-refractivity contribution >= 4 is 17.3 Å². The number of nitrogens with zero attached hydrogens (tertiary/aromatic N) is 4. The second-order valence-corrected chi connectivity index (χ2v) is 8.18. The number of rotatable bonds is 5. The van der Waals surface area contributed by atoms with Crippen molar-refractivity contribution in [3.05, 3.63) is 68.9 Å². The van der Waals surface area contributed by atoms with Gasteiger partial charge in [-0.1, -0.05) is 17.7 Å². The van der Waals surface area contributed by atoms with E-state index in [9.17, 15) is 14.3 Å². The number of aliphatic hydroxyl groups is 1. The minimum Gasteiger partial charge on any atom is -0.481 e. The molecular weight excluding hydrogens is 442 g/mol. The van der Waals surface area contributed by atoms with Crippen LogP contribution < -0.4 is 15.3 Å². The molecule has 1 N–H and O–H groups in total. The number of hydrogen-bond acceptors (Lipinski definition) is 5. The molecule has 0 saturated carbocycles. The highest BCUT2D eigenvalue weighted by Gasteiger charge is 2.33. The molecular formula is C22H23ClF2N4O3. The zero-order chi connectivity index (χ0) is 23.2. The number of benzene rings is 2. The first-order chi connectivity index (χ1) is 15.3. The third-order valence-corrected chi connectivity index (χ3v) is 5.87. The molecule has 3 aromatic rings. The summed E-state index contributed by atoms with van der Waals surface area (Å²) in [5, 5.41) is 13.8. The van der Waals surface area contributed by atoms with Crippen molar-refractivity contribution in [3.8, 4) is 11.4 Å². The molecule has 170 valence electrons. The molecule has 0 amide bonds. The van der Waals surface area contributed by atoms with Crippen molar-refractivity contribution < 1.29 is 18.6 Å². The number of fused-ring (bicyclic) bond motifs is 1. The summed E-state index contributed by atoms with van der Waals surface area (Å²) >= 11 is 6.23. The molecule has 0 fully saturated rings. The molecule has 1 aliphatic heterocycles. The van der Waals surface area contributed by atoms with Gasteiger partial charge in [-0.05, 0) is 39.0 Å². The van der Waals surface area contributed by atoms with Crippen LogP contribution in [0.25, 0.3) is 5.69 Å². The molecule has 0 unspecified atom stereocenters. The van der Waals surface area contributed by atoms with Gasteiger partial charge in [-0.2, -0.15) is 4.68 Å². The van der Waals surface area contributed by atoms with Crippen LogP contribution in [0.4, 0.5) is 14.5 Å². The van der Waals surface area contributed by atoms with E-state index in [-0.39, 0.29) is 47.0 Å². The average Bonchev–Trinajstić information content (AvgIpc) is 3.07. The second kappa shape index (κ2) is 8.55. The van der Waals surface area contributed by atoms with Crippen molar-refractivity contribution in [2.45, 2.75) is 46.1 Å². The van der Waals surface area contributed by atoms with Gasteiger partial charge in [0.2, 0.25) is 0 Å². The van der Waals surface area contributed by atoms with E-state index in [1.54, 1.807) is 13.0 Å². The molecule has 0 radical (unpaired) electrons. The van der Waals surface area contributed by atoms with Gasteiger partial charge in [0.15, 0.2) is 11.6 Å². The lowest BCUT2D eigenvalue weighted by Gasteiger charge is -2.39. The number of hydrogen-bond donors (Lipinski definition) is 1. The van der Waals surface area contributed by atoms with Gasteiger partial charge in [-0.15, -0.1) is 5.10 Å². The molecule has 2 heterocycles. The Labute approximate surface area is 188 Å². The van der Waals surface area contributed by atoms with Gasteiger partial charge < -0.3 is 14.7 Å². The van der Waals surface area contributed by atoms with Gasteiger partial charge in [0.25, 0.3) is 0 Å². The van der Waals surface area contributed by atoms with Crippen molar-refractivity contribution in [1.82, 2.24) is 14.3 Å². The molecule has 0 spiro atoms. The molecule has 10 heteroatoms. The van der Waals surface area contributed by atoms with E-state index in [0.29, 0.717) is 5.69 Å². The Morgan fingerprint density at radius 2 is 2.00 bits per heavy atom. The lowest BCUT2D eigenvalue weighted by molar-refractivity contribution is 0.188. The van der Waals surface area contributed by atoms with E-state index < -0.39 is 30.0 Å². The summed E-state index contributed by atoms with van der Waals surface area (Å²) in [5.41, 5.74) is 0.135. The summed E-state index contributed by atoms with van der Waals surface area (Å²) in [5.74, 6) is -0.887. The standard InChI is InChI=1S/C22H23ClF2N4O3/c1-4-27-20(11-30)26-29(22(27)31)16-9-17-18(8-15(16)25)32-19(10-28(17)12(2)3)21-13(23)6-5-7-14(21)24/h5-9,12,19,30H,4,10-11H2,1-3H3/t19-/m1/s1. The van der Waals surface area contributed by atoms with Crippen LogP contribution in [0.1, 0.15) is 38.3 Å². The number of aliphatic hydroxyl groups excluding tert-OH is 1. The summed E-state index contributed by atoms with van der Waals surface area (Å²) in [6, 6.07) is 7.01. The van der Waals surface area contributed by atoms with Crippen molar-refractivity contribution in [1.29, 1.82) is 0 Å². The molecule has 4 rings (SSSR count). The predicted molar refractivity (Wildman–Crippen MR) is 117 cm³/mol. The smallest absolute Gasteiger partial charge is 0.350 e. The molecule has 0 bridgehead atoms. The van der Waals surface area contributed by atoms with Crippen LogP contribution in [0.15, 0.2) is 35.1 Å². The van der Waals surface area contributed by atoms with E-state index in [1.165, 1.54) is 22.8 Å². The molecule has 1 aromatic heterocycles. The molecule has 1 atom stereocenters. The Morgan fingerprint density at radius 1 is 1.25 bits per heavy atom. The molecule has 32 heavy (non-hydrogen) atoms. The van der Waals surface area contributed by atoms with Crippen molar-refractivity contribution in [2.75, 3.05) is 11.4 Å². The molecule has 2 aromatic carbocycles. The zero-order valence-corrected chi connectivity index (χ0v) is 18.6. The van der Waals surface area contributed by atoms with Crippen LogP contribution in [0.2, 0.25) is 5.02 Å². The minimum atomic E-state index is -0.744. The van der Waals surface area contributed by atoms with E-state index in [0.717, 1.165) is 10.7 Å². The number of halogens is 3. The maximum atomic E-state index is 15.1. The monoisotopic (exact) mass is 464 g/mol. The van der Waals surface area contributed by atoms with Crippen LogP contribution in [-0.4, -0.2) is 32.0 Å². The lowest BCUT2D eigenvalue weighted by Crippen LogP contribution is -2.40. The molecule has 0 aliphatic carbocycles. The maximum Gasteiger partial charge on any atom is 0.350 e. The largest absolute Gasteiger partial charge is 0.481 e. The summed E-state index contributed by atoms with van der Waals surface area (Å²) < 4.78 is 37.8. The average molecular weight is 465 g/mol. The Hall–Kier alpha value is -2.91. The van der Waals surface area contributed by atoms with Crippen molar-refractivity contribution in [3.63, 3.8) is 0 Å². The first kappa shape index (κ1) is 22.3. The highest BCUT2D eigenvalue weighted by Crippen LogP contribution is 2.43. The quantitative estimate of drug-likeness (QED) is 0.621. The maximum absolute atomic E-state index is 15.1. The molecule has 0 saturated heterocycles. The van der Waals surface area contributed by atoms with E-state index >= 15 is 4.39 Å². The predicted octanol–water partition coefficient (Wildman–Crippen LogP) is 3.83. The van der Waals surface area contributed by atoms with Crippen LogP contribution in [-0.2, 0) is 13.2 Å². The fourth-order valence-corrected chi connectivity index (χ4v) is 4.25. The summed E-state index contributed by atoms with van der Waals surface area (Å²) in [4.78, 5) is 14.6. The highest BCUT2D eigenvalue weighted by atomic mass is 35.5. The van der Waals surface area contributed by atoms with Crippen LogP contribution in [0.3, 0.4) is 0 Å². The van der Waals surface area contributed by atoms with Crippen molar-refractivity contribution in [2.24, 2.45) is 0 Å². The Kier molecular flexibility index (Phi) is 5.96. The second-order valence-electron chi connectivity index (χ2n) is 7.77. The molecule has 1 aliphatic rings. The van der Waals surface area contributed by atoms with Gasteiger partial charge in [-0.25, -0.2) is 13.6 Å². The van der Waals surface area contributed by atoms with Gasteiger partial charge in [0, 0.05) is 24.2 Å². The van der Waals surface area contributed by atoms with Crippen LogP contribution in [0.5, 0.6) is 5.75 Å². The third-order valence-electron chi connectivity index (χ3n) is 5.54. The minimum absolute atomic E-state index is 0.0399. The Bertz CT molecular complexity index is 1200. The first-order valence-corrected chi connectivity index (χ1v) is 10.6. The Balaban J connectivity index is 1.84. The van der Waals surface area contributed by atoms with E-state index in [4.69, 9.17) is 16.3 Å². The molecule has 7 nitrogen and oxygen atoms in total. The van der Waals surface area contributed by atoms with Gasteiger partial charge in [0.1, 0.15) is 30.0 Å². The highest BCUT2D eigenvalue weighted by molar-refractivity contribution is 6.31. The normalized spacial score (nSPS) is 15.8. The summed E-state index contributed by atoms with van der Waals surface area (Å²) in [7, 11) is 0. The van der Waals surface area contributed by atoms with Crippen LogP contribution in [0, 0.1) is 11.6 Å². The zero-order valence-electron chi connectivity index (χ0n) is 17.8. The van der Waals surface area contributed by atoms with Gasteiger partial charge in [-0.3, -0.25) is 4.57 Å². The van der Waals surface area contributed by atoms with Crippen LogP contribution >= 0.6 is 11.6 Å². The Morgan fingerprint density at radius 3 is 2.59 bits per heavy atom. The van der Waals surface area contributed by atoms with Gasteiger partial charge >= 0.3 is 5.69 Å². The topological polar surface area (TPSA) is 72.5 Å². The summed E-state index contributed by atoms with van der Waals surface area (Å²) in [6.07, 6.45) is -0.744.